The zero-order valence-electron chi connectivity index (χ0n) is 22.6. The van der Waals surface area contributed by atoms with E-state index >= 15 is 0 Å². The lowest BCUT2D eigenvalue weighted by Gasteiger charge is -2.18. The van der Waals surface area contributed by atoms with Crippen molar-refractivity contribution in [2.24, 2.45) is 0 Å². The van der Waals surface area contributed by atoms with Crippen LogP contribution in [0.15, 0.2) is 95.8 Å². The standard InChI is InChI=1S/C33H30N6O/c1-3-22-14-17-26-21(2)29(19-25-8-4-7-11-30(25)34)33(40)39(31(26)18-22)20-23-12-15-24(16-13-23)27-9-5-6-10-28(27)32-35-37-38-36-32/h4-18H,3,19-20,34H2,1-2H3,(H,35,36,37,38). The van der Waals surface area contributed by atoms with Gasteiger partial charge in [0.15, 0.2) is 5.82 Å². The third-order valence-electron chi connectivity index (χ3n) is 7.68. The number of nitrogen functional groups attached to an aromatic ring is 1. The van der Waals surface area contributed by atoms with E-state index in [1.807, 2.05) is 54.0 Å². The summed E-state index contributed by atoms with van der Waals surface area (Å²) in [5, 5.41) is 15.5. The highest BCUT2D eigenvalue weighted by atomic mass is 16.1. The zero-order chi connectivity index (χ0) is 27.6. The maximum atomic E-state index is 14.1. The zero-order valence-corrected chi connectivity index (χ0v) is 22.6. The van der Waals surface area contributed by atoms with Gasteiger partial charge in [-0.25, -0.2) is 5.10 Å². The van der Waals surface area contributed by atoms with Crippen LogP contribution in [0.25, 0.3) is 33.4 Å². The highest BCUT2D eigenvalue weighted by molar-refractivity contribution is 5.85. The van der Waals surface area contributed by atoms with Crippen LogP contribution in [-0.2, 0) is 19.4 Å². The monoisotopic (exact) mass is 526 g/mol. The molecule has 3 N–H and O–H groups in total. The number of benzene rings is 4. The maximum Gasteiger partial charge on any atom is 0.255 e. The highest BCUT2D eigenvalue weighted by Crippen LogP contribution is 2.30. The van der Waals surface area contributed by atoms with Crippen molar-refractivity contribution < 1.29 is 0 Å². The minimum atomic E-state index is 0.0220. The third kappa shape index (κ3) is 4.66. The maximum absolute atomic E-state index is 14.1. The first-order valence-corrected chi connectivity index (χ1v) is 13.4. The van der Waals surface area contributed by atoms with Crippen LogP contribution in [0.5, 0.6) is 0 Å². The molecule has 2 aromatic heterocycles. The van der Waals surface area contributed by atoms with Gasteiger partial charge < -0.3 is 10.3 Å². The molecule has 6 rings (SSSR count). The largest absolute Gasteiger partial charge is 0.398 e. The van der Waals surface area contributed by atoms with E-state index in [1.54, 1.807) is 0 Å². The molecule has 0 fully saturated rings. The Labute approximate surface area is 232 Å². The molecule has 4 aromatic carbocycles. The molecule has 0 saturated carbocycles. The van der Waals surface area contributed by atoms with Crippen molar-refractivity contribution in [3.05, 3.63) is 129 Å². The van der Waals surface area contributed by atoms with Gasteiger partial charge in [0.25, 0.3) is 5.56 Å². The molecule has 0 aliphatic carbocycles. The van der Waals surface area contributed by atoms with Crippen LogP contribution in [-0.4, -0.2) is 25.2 Å². The Morgan fingerprint density at radius 3 is 2.33 bits per heavy atom. The Hall–Kier alpha value is -5.04. The highest BCUT2D eigenvalue weighted by Gasteiger charge is 2.17. The van der Waals surface area contributed by atoms with Gasteiger partial charge in [0, 0.05) is 28.6 Å². The van der Waals surface area contributed by atoms with Gasteiger partial charge in [-0.15, -0.1) is 5.10 Å². The first kappa shape index (κ1) is 25.2. The number of hydrogen-bond donors (Lipinski definition) is 2. The van der Waals surface area contributed by atoms with Crippen LogP contribution < -0.4 is 11.3 Å². The number of nitrogens with zero attached hydrogens (tertiary/aromatic N) is 4. The average Bonchev–Trinajstić information content (AvgIpc) is 3.53. The van der Waals surface area contributed by atoms with Gasteiger partial charge in [0.2, 0.25) is 0 Å². The fourth-order valence-electron chi connectivity index (χ4n) is 5.37. The van der Waals surface area contributed by atoms with Crippen LogP contribution in [0.3, 0.4) is 0 Å². The van der Waals surface area contributed by atoms with E-state index in [2.05, 4.69) is 76.1 Å². The fraction of sp³-hybridized carbons (Fsp3) is 0.152. The molecular formula is C33H30N6O. The van der Waals surface area contributed by atoms with Gasteiger partial charge in [-0.05, 0) is 69.3 Å². The Kier molecular flexibility index (Phi) is 6.70. The Morgan fingerprint density at radius 1 is 0.875 bits per heavy atom. The minimum Gasteiger partial charge on any atom is -0.398 e. The molecule has 2 heterocycles. The second-order valence-electron chi connectivity index (χ2n) is 10.1. The molecule has 6 aromatic rings. The van der Waals surface area contributed by atoms with E-state index in [-0.39, 0.29) is 5.56 Å². The van der Waals surface area contributed by atoms with Gasteiger partial charge in [0.05, 0.1) is 12.1 Å². The second kappa shape index (κ2) is 10.6. The number of aromatic amines is 1. The Morgan fingerprint density at radius 2 is 1.60 bits per heavy atom. The molecule has 0 unspecified atom stereocenters. The number of tetrazole rings is 1. The fourth-order valence-corrected chi connectivity index (χ4v) is 5.37. The predicted octanol–water partition coefficient (Wildman–Crippen LogP) is 5.94. The van der Waals surface area contributed by atoms with Crippen LogP contribution >= 0.6 is 0 Å². The van der Waals surface area contributed by atoms with Gasteiger partial charge in [-0.3, -0.25) is 4.79 Å². The van der Waals surface area contributed by atoms with E-state index in [0.29, 0.717) is 24.5 Å². The Balaban J connectivity index is 1.42. The summed E-state index contributed by atoms with van der Waals surface area (Å²) in [6, 6.07) is 30.6. The SMILES string of the molecule is CCc1ccc2c(C)c(Cc3ccccc3N)c(=O)n(Cc3ccc(-c4ccccc4-c4nnn[nH]4)cc3)c2c1. The lowest BCUT2D eigenvalue weighted by atomic mass is 9.96. The molecule has 7 heteroatoms. The molecule has 0 bridgehead atoms. The number of H-pyrrole nitrogens is 1. The molecule has 0 atom stereocenters. The summed E-state index contributed by atoms with van der Waals surface area (Å²) in [5.41, 5.74) is 15.9. The third-order valence-corrected chi connectivity index (χ3v) is 7.68. The summed E-state index contributed by atoms with van der Waals surface area (Å²) in [5.74, 6) is 0.621. The topological polar surface area (TPSA) is 102 Å². The molecule has 40 heavy (non-hydrogen) atoms. The van der Waals surface area contributed by atoms with E-state index in [1.165, 1.54) is 5.56 Å². The van der Waals surface area contributed by atoms with Crippen molar-refractivity contribution >= 4 is 16.6 Å². The van der Waals surface area contributed by atoms with Crippen molar-refractivity contribution in [2.75, 3.05) is 5.73 Å². The van der Waals surface area contributed by atoms with Crippen LogP contribution in [0.1, 0.15) is 34.7 Å². The number of nitrogens with one attached hydrogen (secondary N) is 1. The number of fused-ring (bicyclic) bond motifs is 1. The van der Waals surface area contributed by atoms with Gasteiger partial charge >= 0.3 is 0 Å². The van der Waals surface area contributed by atoms with Crippen molar-refractivity contribution in [3.8, 4) is 22.5 Å². The van der Waals surface area contributed by atoms with Gasteiger partial charge in [-0.2, -0.15) is 0 Å². The summed E-state index contributed by atoms with van der Waals surface area (Å²) in [6.07, 6.45) is 1.40. The molecule has 0 aliphatic heterocycles. The first-order chi connectivity index (χ1) is 19.5. The summed E-state index contributed by atoms with van der Waals surface area (Å²) >= 11 is 0. The minimum absolute atomic E-state index is 0.0220. The number of rotatable bonds is 7. The number of anilines is 1. The number of hydrogen-bond acceptors (Lipinski definition) is 5. The summed E-state index contributed by atoms with van der Waals surface area (Å²) in [7, 11) is 0. The Bertz CT molecular complexity index is 1870. The number of para-hydroxylation sites is 1. The van der Waals surface area contributed by atoms with Crippen LogP contribution in [0.2, 0.25) is 0 Å². The van der Waals surface area contributed by atoms with Crippen molar-refractivity contribution in [1.82, 2.24) is 25.2 Å². The van der Waals surface area contributed by atoms with E-state index < -0.39 is 0 Å². The molecule has 0 spiro atoms. The number of aromatic nitrogens is 5. The normalized spacial score (nSPS) is 11.2. The van der Waals surface area contributed by atoms with Gasteiger partial charge in [-0.1, -0.05) is 85.8 Å². The van der Waals surface area contributed by atoms with E-state index in [4.69, 9.17) is 5.73 Å². The molecule has 0 aliphatic rings. The number of aryl methyl sites for hydroxylation is 2. The molecule has 0 saturated heterocycles. The second-order valence-corrected chi connectivity index (χ2v) is 10.1. The molecule has 0 amide bonds. The van der Waals surface area contributed by atoms with E-state index in [9.17, 15) is 4.79 Å². The lowest BCUT2D eigenvalue weighted by Crippen LogP contribution is -2.26. The van der Waals surface area contributed by atoms with Crippen molar-refractivity contribution in [2.45, 2.75) is 33.2 Å². The van der Waals surface area contributed by atoms with Crippen molar-refractivity contribution in [3.63, 3.8) is 0 Å². The first-order valence-electron chi connectivity index (χ1n) is 13.4. The molecule has 198 valence electrons. The smallest absolute Gasteiger partial charge is 0.255 e. The molecule has 7 nitrogen and oxygen atoms in total. The molecule has 0 radical (unpaired) electrons. The van der Waals surface area contributed by atoms with E-state index in [0.717, 1.165) is 56.3 Å². The van der Waals surface area contributed by atoms with Gasteiger partial charge in [0.1, 0.15) is 0 Å². The van der Waals surface area contributed by atoms with Crippen molar-refractivity contribution in [1.29, 1.82) is 0 Å². The predicted molar refractivity (Wildman–Crippen MR) is 160 cm³/mol. The van der Waals surface area contributed by atoms with Crippen LogP contribution in [0.4, 0.5) is 5.69 Å². The number of nitrogens with two attached hydrogens (primary N) is 1. The summed E-state index contributed by atoms with van der Waals surface area (Å²) in [4.78, 5) is 14.1. The van der Waals surface area contributed by atoms with Crippen LogP contribution in [0, 0.1) is 6.92 Å². The summed E-state index contributed by atoms with van der Waals surface area (Å²) < 4.78 is 1.92. The molecular weight excluding hydrogens is 496 g/mol. The summed E-state index contributed by atoms with van der Waals surface area (Å²) in [6.45, 7) is 4.65. The lowest BCUT2D eigenvalue weighted by molar-refractivity contribution is 0.779. The quantitative estimate of drug-likeness (QED) is 0.251. The number of pyridine rings is 1. The average molecular weight is 527 g/mol.